The van der Waals surface area contributed by atoms with E-state index >= 15 is 0 Å². The Kier molecular flexibility index (Phi) is 5.30. The van der Waals surface area contributed by atoms with Crippen LogP contribution in [-0.4, -0.2) is 26.0 Å². The molecule has 0 saturated heterocycles. The van der Waals surface area contributed by atoms with Gasteiger partial charge in [0.15, 0.2) is 11.6 Å². The van der Waals surface area contributed by atoms with E-state index in [-0.39, 0.29) is 0 Å². The van der Waals surface area contributed by atoms with E-state index in [1.807, 2.05) is 30.3 Å². The van der Waals surface area contributed by atoms with Gasteiger partial charge in [-0.3, -0.25) is 0 Å². The average molecular weight is 494 g/mol. The van der Waals surface area contributed by atoms with Crippen molar-refractivity contribution in [2.75, 3.05) is 5.32 Å². The van der Waals surface area contributed by atoms with Crippen LogP contribution >= 0.6 is 0 Å². The molecule has 5 aromatic rings. The minimum atomic E-state index is -0.395. The first kappa shape index (κ1) is 22.2. The molecule has 4 heterocycles. The Morgan fingerprint density at radius 2 is 1.78 bits per heavy atom. The van der Waals surface area contributed by atoms with Gasteiger partial charge < -0.3 is 14.7 Å². The summed E-state index contributed by atoms with van der Waals surface area (Å²) >= 11 is 0. The number of rotatable bonds is 5. The van der Waals surface area contributed by atoms with Gasteiger partial charge in [0.25, 0.3) is 0 Å². The topological polar surface area (TPSA) is 79.6 Å². The molecular weight excluding hydrogens is 465 g/mol. The van der Waals surface area contributed by atoms with Gasteiger partial charge in [-0.15, -0.1) is 0 Å². The number of hydrogen-bond acceptors (Lipinski definition) is 5. The Bertz CT molecular complexity index is 1570. The Morgan fingerprint density at radius 1 is 0.973 bits per heavy atom. The minimum absolute atomic E-state index is 0.377. The largest absolute Gasteiger partial charge is 0.462 e. The Labute approximate surface area is 214 Å². The molecule has 186 valence electrons. The average Bonchev–Trinajstić information content (AvgIpc) is 3.59. The molecule has 3 aliphatic rings. The molecule has 7 heteroatoms. The zero-order valence-corrected chi connectivity index (χ0v) is 20.6. The van der Waals surface area contributed by atoms with Crippen molar-refractivity contribution in [3.8, 4) is 34.0 Å². The molecule has 4 aromatic heterocycles. The first-order valence-corrected chi connectivity index (χ1v) is 13.1. The van der Waals surface area contributed by atoms with E-state index in [1.54, 1.807) is 12.5 Å². The summed E-state index contributed by atoms with van der Waals surface area (Å²) in [4.78, 5) is 17.1. The normalized spacial score (nSPS) is 23.0. The highest BCUT2D eigenvalue weighted by Crippen LogP contribution is 2.46. The highest BCUT2D eigenvalue weighted by Gasteiger charge is 2.41. The molecule has 2 N–H and O–H groups in total. The maximum Gasteiger partial charge on any atom is 0.164 e. The summed E-state index contributed by atoms with van der Waals surface area (Å²) in [6.07, 6.45) is 9.95. The number of nitrogens with one attached hydrogen (secondary N) is 2. The van der Waals surface area contributed by atoms with Crippen molar-refractivity contribution in [3.63, 3.8) is 0 Å². The van der Waals surface area contributed by atoms with Crippen LogP contribution in [0.3, 0.4) is 0 Å². The monoisotopic (exact) mass is 493 g/mol. The van der Waals surface area contributed by atoms with Crippen LogP contribution in [0.2, 0.25) is 0 Å². The number of halogens is 1. The van der Waals surface area contributed by atoms with E-state index in [4.69, 9.17) is 14.4 Å². The number of fused-ring (bicyclic) bond motifs is 4. The second-order valence-electron chi connectivity index (χ2n) is 10.5. The lowest BCUT2D eigenvalue weighted by molar-refractivity contribution is 0.0928. The maximum absolute atomic E-state index is 14.1. The standard InChI is InChI=1S/C30H28FN5O/c1-17-18-7-9-20(10-8-18)28(17)35-27-13-25(26-11-21(16-37-26)19-5-3-2-4-6-19)34-30(36-27)24-15-33-29-23(24)12-22(31)14-32-29/h2-6,11-18,20,28H,7-10H2,1H3,(H,32,33)(H,34,35,36). The lowest BCUT2D eigenvalue weighted by atomic mass is 9.62. The van der Waals surface area contributed by atoms with Gasteiger partial charge in [-0.05, 0) is 61.1 Å². The van der Waals surface area contributed by atoms with Crippen LogP contribution in [0.25, 0.3) is 45.0 Å². The molecular formula is C30H28FN5O. The van der Waals surface area contributed by atoms with Gasteiger partial charge in [0.2, 0.25) is 0 Å². The van der Waals surface area contributed by atoms with Crippen LogP contribution in [0, 0.1) is 23.6 Å². The molecule has 3 aliphatic carbocycles. The number of hydrogen-bond donors (Lipinski definition) is 2. The number of anilines is 1. The summed E-state index contributed by atoms with van der Waals surface area (Å²) < 4.78 is 20.1. The fourth-order valence-electron chi connectivity index (χ4n) is 6.36. The van der Waals surface area contributed by atoms with Gasteiger partial charge in [-0.25, -0.2) is 19.3 Å². The van der Waals surface area contributed by atoms with Crippen molar-refractivity contribution in [2.24, 2.45) is 17.8 Å². The van der Waals surface area contributed by atoms with Crippen molar-refractivity contribution < 1.29 is 8.81 Å². The zero-order valence-electron chi connectivity index (χ0n) is 20.6. The molecule has 0 aliphatic heterocycles. The first-order valence-electron chi connectivity index (χ1n) is 13.1. The smallest absolute Gasteiger partial charge is 0.164 e. The van der Waals surface area contributed by atoms with E-state index in [1.165, 1.54) is 37.9 Å². The van der Waals surface area contributed by atoms with Crippen LogP contribution < -0.4 is 5.32 Å². The van der Waals surface area contributed by atoms with E-state index < -0.39 is 5.82 Å². The van der Waals surface area contributed by atoms with Crippen LogP contribution in [0.4, 0.5) is 10.2 Å². The van der Waals surface area contributed by atoms with Gasteiger partial charge >= 0.3 is 0 Å². The van der Waals surface area contributed by atoms with Crippen LogP contribution in [0.15, 0.2) is 71.6 Å². The third kappa shape index (κ3) is 3.99. The first-order chi connectivity index (χ1) is 18.1. The van der Waals surface area contributed by atoms with Crippen molar-refractivity contribution in [2.45, 2.75) is 38.6 Å². The minimum Gasteiger partial charge on any atom is -0.462 e. The van der Waals surface area contributed by atoms with Crippen LogP contribution in [-0.2, 0) is 0 Å². The van der Waals surface area contributed by atoms with Crippen molar-refractivity contribution in [1.82, 2.24) is 19.9 Å². The van der Waals surface area contributed by atoms with Crippen LogP contribution in [0.1, 0.15) is 32.6 Å². The molecule has 2 bridgehead atoms. The highest BCUT2D eigenvalue weighted by atomic mass is 19.1. The molecule has 0 amide bonds. The third-order valence-corrected chi connectivity index (χ3v) is 8.37. The number of pyridine rings is 1. The predicted octanol–water partition coefficient (Wildman–Crippen LogP) is 7.32. The number of H-pyrrole nitrogens is 1. The summed E-state index contributed by atoms with van der Waals surface area (Å²) in [6.45, 7) is 2.36. The molecule has 3 fully saturated rings. The number of aromatic nitrogens is 4. The maximum atomic E-state index is 14.1. The second kappa shape index (κ2) is 8.83. The summed E-state index contributed by atoms with van der Waals surface area (Å²) in [5.41, 5.74) is 4.06. The highest BCUT2D eigenvalue weighted by molar-refractivity contribution is 5.92. The summed E-state index contributed by atoms with van der Waals surface area (Å²) in [6, 6.07) is 16.0. The summed E-state index contributed by atoms with van der Waals surface area (Å²) in [7, 11) is 0. The third-order valence-electron chi connectivity index (χ3n) is 8.37. The summed E-state index contributed by atoms with van der Waals surface area (Å²) in [5.74, 6) is 3.55. The number of aromatic amines is 1. The van der Waals surface area contributed by atoms with E-state index in [2.05, 4.69) is 34.3 Å². The SMILES string of the molecule is CC1C2CCC(CC2)C1Nc1cc(-c2cc(-c3ccccc3)co2)nc(-c2c[nH]c3ncc(F)cc23)n1. The van der Waals surface area contributed by atoms with Gasteiger partial charge in [0, 0.05) is 34.8 Å². The number of furan rings is 1. The van der Waals surface area contributed by atoms with E-state index in [9.17, 15) is 4.39 Å². The lowest BCUT2D eigenvalue weighted by Gasteiger charge is -2.47. The van der Waals surface area contributed by atoms with Gasteiger partial charge in [-0.1, -0.05) is 37.3 Å². The molecule has 0 spiro atoms. The van der Waals surface area contributed by atoms with Gasteiger partial charge in [0.05, 0.1) is 12.5 Å². The quantitative estimate of drug-likeness (QED) is 0.268. The second-order valence-corrected chi connectivity index (χ2v) is 10.5. The van der Waals surface area contributed by atoms with Gasteiger partial charge in [0.1, 0.15) is 23.0 Å². The lowest BCUT2D eigenvalue weighted by Crippen LogP contribution is -2.47. The molecule has 37 heavy (non-hydrogen) atoms. The van der Waals surface area contributed by atoms with Crippen molar-refractivity contribution in [3.05, 3.63) is 73.0 Å². The molecule has 8 rings (SSSR count). The number of nitrogens with zero attached hydrogens (tertiary/aromatic N) is 3. The molecule has 2 atom stereocenters. The van der Waals surface area contributed by atoms with E-state index in [0.717, 1.165) is 22.9 Å². The van der Waals surface area contributed by atoms with Crippen LogP contribution in [0.5, 0.6) is 0 Å². The zero-order chi connectivity index (χ0) is 24.9. The molecule has 0 radical (unpaired) electrons. The van der Waals surface area contributed by atoms with Gasteiger partial charge in [-0.2, -0.15) is 0 Å². The molecule has 3 saturated carbocycles. The Balaban J connectivity index is 1.32. The number of benzene rings is 1. The van der Waals surface area contributed by atoms with E-state index in [0.29, 0.717) is 51.8 Å². The fourth-order valence-corrected chi connectivity index (χ4v) is 6.36. The Hall–Kier alpha value is -4.00. The Morgan fingerprint density at radius 3 is 2.59 bits per heavy atom. The van der Waals surface area contributed by atoms with Crippen molar-refractivity contribution in [1.29, 1.82) is 0 Å². The summed E-state index contributed by atoms with van der Waals surface area (Å²) in [5, 5.41) is 4.43. The molecule has 6 nitrogen and oxygen atoms in total. The predicted molar refractivity (Wildman–Crippen MR) is 142 cm³/mol. The molecule has 1 aromatic carbocycles. The molecule has 2 unspecified atom stereocenters. The van der Waals surface area contributed by atoms with Crippen molar-refractivity contribution >= 4 is 16.9 Å². The fraction of sp³-hybridized carbons (Fsp3) is 0.300.